The molecule has 0 aliphatic carbocycles. The zero-order valence-electron chi connectivity index (χ0n) is 11.7. The third-order valence-corrected chi connectivity index (χ3v) is 5.21. The lowest BCUT2D eigenvalue weighted by molar-refractivity contribution is 0.601. The highest BCUT2D eigenvalue weighted by Gasteiger charge is 2.20. The Morgan fingerprint density at radius 3 is 2.38 bits per heavy atom. The van der Waals surface area contributed by atoms with Crippen LogP contribution in [-0.4, -0.2) is 13.4 Å². The van der Waals surface area contributed by atoms with Crippen molar-refractivity contribution >= 4 is 38.9 Å². The van der Waals surface area contributed by atoms with Crippen LogP contribution < -0.4 is 4.72 Å². The van der Waals surface area contributed by atoms with Gasteiger partial charge in [-0.3, -0.25) is 9.71 Å². The Balaban J connectivity index is 2.48. The van der Waals surface area contributed by atoms with Crippen molar-refractivity contribution in [3.63, 3.8) is 0 Å². The molecule has 0 saturated heterocycles. The first-order chi connectivity index (χ1) is 9.70. The van der Waals surface area contributed by atoms with E-state index in [0.717, 1.165) is 5.56 Å². The summed E-state index contributed by atoms with van der Waals surface area (Å²) in [5.74, 6) is 0. The van der Waals surface area contributed by atoms with Crippen LogP contribution >= 0.6 is 23.2 Å². The number of nitrogens with zero attached hydrogens (tertiary/aromatic N) is 1. The Kier molecular flexibility index (Phi) is 4.46. The number of anilines is 1. The predicted octanol–water partition coefficient (Wildman–Crippen LogP) is 4.11. The molecule has 2 rings (SSSR count). The minimum atomic E-state index is -3.80. The summed E-state index contributed by atoms with van der Waals surface area (Å²) in [6, 6.07) is 4.59. The molecule has 112 valence electrons. The van der Waals surface area contributed by atoms with Gasteiger partial charge in [-0.05, 0) is 50.1 Å². The zero-order valence-corrected chi connectivity index (χ0v) is 14.1. The second kappa shape index (κ2) is 5.83. The molecule has 0 amide bonds. The van der Waals surface area contributed by atoms with Crippen LogP contribution in [0.15, 0.2) is 29.3 Å². The van der Waals surface area contributed by atoms with Gasteiger partial charge >= 0.3 is 0 Å². The van der Waals surface area contributed by atoms with E-state index in [-0.39, 0.29) is 9.92 Å². The van der Waals surface area contributed by atoms with Crippen molar-refractivity contribution in [2.24, 2.45) is 0 Å². The second-order valence-electron chi connectivity index (χ2n) is 4.78. The van der Waals surface area contributed by atoms with Crippen LogP contribution in [0.25, 0.3) is 0 Å². The van der Waals surface area contributed by atoms with E-state index in [2.05, 4.69) is 9.71 Å². The molecule has 0 aliphatic heterocycles. The highest BCUT2D eigenvalue weighted by molar-refractivity contribution is 7.92. The Labute approximate surface area is 134 Å². The van der Waals surface area contributed by atoms with E-state index in [9.17, 15) is 8.42 Å². The largest absolute Gasteiger partial charge is 0.278 e. The van der Waals surface area contributed by atoms with Crippen molar-refractivity contribution in [1.29, 1.82) is 0 Å². The molecule has 0 aliphatic rings. The molecule has 0 radical (unpaired) electrons. The predicted molar refractivity (Wildman–Crippen MR) is 85.7 cm³/mol. The van der Waals surface area contributed by atoms with Crippen LogP contribution in [0.2, 0.25) is 10.0 Å². The molecule has 0 bridgehead atoms. The van der Waals surface area contributed by atoms with E-state index in [1.807, 2.05) is 6.92 Å². The van der Waals surface area contributed by atoms with Crippen LogP contribution in [0.1, 0.15) is 16.8 Å². The molecule has 7 heteroatoms. The number of rotatable bonds is 3. The van der Waals surface area contributed by atoms with Gasteiger partial charge < -0.3 is 0 Å². The average Bonchev–Trinajstić information content (AvgIpc) is 2.37. The Bertz CT molecular complexity index is 805. The van der Waals surface area contributed by atoms with E-state index in [1.165, 1.54) is 12.1 Å². The fourth-order valence-corrected chi connectivity index (χ4v) is 3.72. The monoisotopic (exact) mass is 344 g/mol. The van der Waals surface area contributed by atoms with Crippen LogP contribution in [-0.2, 0) is 10.0 Å². The summed E-state index contributed by atoms with van der Waals surface area (Å²) >= 11 is 11.9. The van der Waals surface area contributed by atoms with Crippen molar-refractivity contribution in [3.8, 4) is 0 Å². The molecule has 0 atom stereocenters. The molecule has 0 spiro atoms. The van der Waals surface area contributed by atoms with Gasteiger partial charge in [0.2, 0.25) is 0 Å². The lowest BCUT2D eigenvalue weighted by Crippen LogP contribution is -2.15. The lowest BCUT2D eigenvalue weighted by atomic mass is 10.2. The number of pyridine rings is 1. The standard InChI is InChI=1S/C14H14Cl2N2O2S/c1-8-4-13(10(3)17-7-8)18-21(19,20)14-5-9(2)11(15)6-12(14)16/h4-7,18H,1-3H3. The first-order valence-corrected chi connectivity index (χ1v) is 8.36. The summed E-state index contributed by atoms with van der Waals surface area (Å²) in [5.41, 5.74) is 2.52. The highest BCUT2D eigenvalue weighted by atomic mass is 35.5. The van der Waals surface area contributed by atoms with E-state index in [0.29, 0.717) is 22.0 Å². The molecule has 1 aromatic heterocycles. The van der Waals surface area contributed by atoms with Crippen molar-refractivity contribution in [2.75, 3.05) is 4.72 Å². The molecule has 1 aromatic carbocycles. The number of aryl methyl sites for hydroxylation is 3. The molecule has 21 heavy (non-hydrogen) atoms. The quantitative estimate of drug-likeness (QED) is 0.911. The van der Waals surface area contributed by atoms with Gasteiger partial charge in [0.25, 0.3) is 10.0 Å². The summed E-state index contributed by atoms with van der Waals surface area (Å²) in [6.07, 6.45) is 1.67. The molecular weight excluding hydrogens is 331 g/mol. The molecule has 1 heterocycles. The van der Waals surface area contributed by atoms with Gasteiger partial charge in [0.1, 0.15) is 4.90 Å². The number of aromatic nitrogens is 1. The highest BCUT2D eigenvalue weighted by Crippen LogP contribution is 2.30. The fourth-order valence-electron chi connectivity index (χ4n) is 1.78. The van der Waals surface area contributed by atoms with Crippen molar-refractivity contribution in [2.45, 2.75) is 25.7 Å². The van der Waals surface area contributed by atoms with Gasteiger partial charge in [-0.2, -0.15) is 0 Å². The molecule has 4 nitrogen and oxygen atoms in total. The van der Waals surface area contributed by atoms with Crippen molar-refractivity contribution < 1.29 is 8.42 Å². The molecule has 2 aromatic rings. The van der Waals surface area contributed by atoms with Gasteiger partial charge in [-0.15, -0.1) is 0 Å². The Hall–Kier alpha value is -1.30. The number of benzene rings is 1. The van der Waals surface area contributed by atoms with Crippen LogP contribution in [0, 0.1) is 20.8 Å². The minimum Gasteiger partial charge on any atom is -0.278 e. The number of halogens is 2. The average molecular weight is 345 g/mol. The van der Waals surface area contributed by atoms with Crippen LogP contribution in [0.3, 0.4) is 0 Å². The fraction of sp³-hybridized carbons (Fsp3) is 0.214. The van der Waals surface area contributed by atoms with Crippen molar-refractivity contribution in [1.82, 2.24) is 4.98 Å². The Morgan fingerprint density at radius 1 is 1.05 bits per heavy atom. The van der Waals surface area contributed by atoms with Crippen LogP contribution in [0.5, 0.6) is 0 Å². The molecule has 0 unspecified atom stereocenters. The number of hydrogen-bond donors (Lipinski definition) is 1. The minimum absolute atomic E-state index is 0.00743. The summed E-state index contributed by atoms with van der Waals surface area (Å²) in [7, 11) is -3.80. The molecule has 1 N–H and O–H groups in total. The summed E-state index contributed by atoms with van der Waals surface area (Å²) in [5, 5.41) is 0.503. The molecule has 0 fully saturated rings. The zero-order chi connectivity index (χ0) is 15.8. The SMILES string of the molecule is Cc1cnc(C)c(NS(=O)(=O)c2cc(C)c(Cl)cc2Cl)c1. The first-order valence-electron chi connectivity index (χ1n) is 6.12. The number of sulfonamides is 1. The van der Waals surface area contributed by atoms with E-state index < -0.39 is 10.0 Å². The van der Waals surface area contributed by atoms with Crippen molar-refractivity contribution in [3.05, 3.63) is 51.3 Å². The maximum absolute atomic E-state index is 12.5. The number of nitrogens with one attached hydrogen (secondary N) is 1. The summed E-state index contributed by atoms with van der Waals surface area (Å²) < 4.78 is 27.5. The normalized spacial score (nSPS) is 11.5. The van der Waals surface area contributed by atoms with E-state index in [1.54, 1.807) is 26.1 Å². The van der Waals surface area contributed by atoms with E-state index in [4.69, 9.17) is 23.2 Å². The second-order valence-corrected chi connectivity index (χ2v) is 7.25. The molecule has 0 saturated carbocycles. The Morgan fingerprint density at radius 2 is 1.71 bits per heavy atom. The summed E-state index contributed by atoms with van der Waals surface area (Å²) in [4.78, 5) is 4.12. The van der Waals surface area contributed by atoms with Gasteiger partial charge in [0.15, 0.2) is 0 Å². The maximum atomic E-state index is 12.5. The van der Waals surface area contributed by atoms with Gasteiger partial charge in [-0.25, -0.2) is 8.42 Å². The number of hydrogen-bond acceptors (Lipinski definition) is 3. The topological polar surface area (TPSA) is 59.1 Å². The molecular formula is C14H14Cl2N2O2S. The maximum Gasteiger partial charge on any atom is 0.263 e. The van der Waals surface area contributed by atoms with E-state index >= 15 is 0 Å². The van der Waals surface area contributed by atoms with Gasteiger partial charge in [-0.1, -0.05) is 23.2 Å². The van der Waals surface area contributed by atoms with Gasteiger partial charge in [0, 0.05) is 11.2 Å². The van der Waals surface area contributed by atoms with Gasteiger partial charge in [0.05, 0.1) is 16.4 Å². The van der Waals surface area contributed by atoms with Crippen LogP contribution in [0.4, 0.5) is 5.69 Å². The smallest absolute Gasteiger partial charge is 0.263 e. The third kappa shape index (κ3) is 3.48. The third-order valence-electron chi connectivity index (χ3n) is 2.97. The summed E-state index contributed by atoms with van der Waals surface area (Å²) in [6.45, 7) is 5.28. The first kappa shape index (κ1) is 16.1. The lowest BCUT2D eigenvalue weighted by Gasteiger charge is -2.13.